The van der Waals surface area contributed by atoms with Crippen molar-refractivity contribution in [1.82, 2.24) is 5.54 Å². The molecule has 2 N–H and O–H groups in total. The van der Waals surface area contributed by atoms with Gasteiger partial charge in [0.05, 0.1) is 0 Å². The molecular weight excluding hydrogens is 157 g/mol. The highest BCUT2D eigenvalue weighted by molar-refractivity contribution is 7.98. The van der Waals surface area contributed by atoms with Crippen molar-refractivity contribution in [1.29, 1.82) is 0 Å². The Morgan fingerprint density at radius 3 is 2.80 bits per heavy atom. The molecule has 0 unspecified atom stereocenters. The molecule has 0 rings (SSSR count). The van der Waals surface area contributed by atoms with E-state index in [9.17, 15) is 9.28 Å². The molecule has 0 fully saturated rings. The van der Waals surface area contributed by atoms with Crippen molar-refractivity contribution in [3.8, 4) is 0 Å². The van der Waals surface area contributed by atoms with Gasteiger partial charge in [-0.2, -0.15) is 11.8 Å². The first-order valence-corrected chi connectivity index (χ1v) is 4.19. The van der Waals surface area contributed by atoms with E-state index in [1.165, 1.54) is 17.3 Å². The van der Waals surface area contributed by atoms with Gasteiger partial charge in [0, 0.05) is 0 Å². The zero-order chi connectivity index (χ0) is 7.98. The van der Waals surface area contributed by atoms with Gasteiger partial charge in [-0.05, 0) is 18.4 Å². The Hall–Kier alpha value is -0.290. The largest absolute Gasteiger partial charge is 0.480 e. The highest BCUT2D eigenvalue weighted by Gasteiger charge is 2.15. The number of hydrogen-bond donors (Lipinski definition) is 2. The minimum Gasteiger partial charge on any atom is -0.480 e. The Morgan fingerprint density at radius 2 is 2.50 bits per heavy atom. The van der Waals surface area contributed by atoms with Gasteiger partial charge in [0.2, 0.25) is 0 Å². The van der Waals surface area contributed by atoms with Gasteiger partial charge in [-0.3, -0.25) is 4.79 Å². The first-order valence-electron chi connectivity index (χ1n) is 2.80. The Balaban J connectivity index is 3.50. The number of halogens is 1. The number of thioether (sulfide) groups is 1. The fourth-order valence-corrected chi connectivity index (χ4v) is 0.932. The van der Waals surface area contributed by atoms with Crippen molar-refractivity contribution in [3.63, 3.8) is 0 Å². The summed E-state index contributed by atoms with van der Waals surface area (Å²) in [6.45, 7) is 0. The van der Waals surface area contributed by atoms with Crippen LogP contribution in [-0.4, -0.2) is 29.1 Å². The summed E-state index contributed by atoms with van der Waals surface area (Å²) in [6, 6.07) is -1.05. The second-order valence-corrected chi connectivity index (χ2v) is 2.77. The molecule has 0 heterocycles. The minimum atomic E-state index is -1.14. The smallest absolute Gasteiger partial charge is 0.323 e. The summed E-state index contributed by atoms with van der Waals surface area (Å²) < 4.78 is 11.6. The van der Waals surface area contributed by atoms with E-state index < -0.39 is 12.0 Å². The summed E-state index contributed by atoms with van der Waals surface area (Å²) in [4.78, 5) is 10.1. The molecule has 3 nitrogen and oxygen atoms in total. The van der Waals surface area contributed by atoms with E-state index in [1.54, 1.807) is 0 Å². The average Bonchev–Trinajstić information content (AvgIpc) is 1.89. The Morgan fingerprint density at radius 1 is 1.90 bits per heavy atom. The van der Waals surface area contributed by atoms with Crippen molar-refractivity contribution >= 4 is 17.7 Å². The molecule has 60 valence electrons. The molecule has 5 heteroatoms. The third kappa shape index (κ3) is 3.68. The second kappa shape index (κ2) is 5.49. The lowest BCUT2D eigenvalue weighted by atomic mass is 10.2. The second-order valence-electron chi connectivity index (χ2n) is 1.78. The normalized spacial score (nSPS) is 13.0. The lowest BCUT2D eigenvalue weighted by molar-refractivity contribution is -0.140. The fraction of sp³-hybridized carbons (Fsp3) is 0.800. The van der Waals surface area contributed by atoms with Crippen LogP contribution in [-0.2, 0) is 4.79 Å². The number of rotatable bonds is 5. The highest BCUT2D eigenvalue weighted by atomic mass is 32.2. The maximum atomic E-state index is 11.6. The van der Waals surface area contributed by atoms with Gasteiger partial charge in [-0.25, -0.2) is 0 Å². The van der Waals surface area contributed by atoms with Crippen molar-refractivity contribution < 1.29 is 14.4 Å². The number of aliphatic carboxylic acids is 1. The van der Waals surface area contributed by atoms with Crippen LogP contribution in [0.4, 0.5) is 4.48 Å². The average molecular weight is 167 g/mol. The van der Waals surface area contributed by atoms with Crippen LogP contribution in [0.5, 0.6) is 0 Å². The van der Waals surface area contributed by atoms with Gasteiger partial charge in [0.1, 0.15) is 6.04 Å². The van der Waals surface area contributed by atoms with E-state index in [-0.39, 0.29) is 0 Å². The Labute approximate surface area is 62.9 Å². The molecule has 0 saturated heterocycles. The van der Waals surface area contributed by atoms with Gasteiger partial charge >= 0.3 is 5.97 Å². The van der Waals surface area contributed by atoms with E-state index in [0.717, 1.165) is 0 Å². The third-order valence-corrected chi connectivity index (χ3v) is 1.68. The SMILES string of the molecule is CSCC[C@H](NF)C(=O)O. The number of nitrogens with one attached hydrogen (secondary N) is 1. The molecule has 0 amide bonds. The van der Waals surface area contributed by atoms with Gasteiger partial charge in [-0.15, -0.1) is 10.0 Å². The zero-order valence-electron chi connectivity index (χ0n) is 5.63. The van der Waals surface area contributed by atoms with Gasteiger partial charge in [0.25, 0.3) is 0 Å². The van der Waals surface area contributed by atoms with Crippen molar-refractivity contribution in [2.24, 2.45) is 0 Å². The highest BCUT2D eigenvalue weighted by Crippen LogP contribution is 2.00. The monoisotopic (exact) mass is 167 g/mol. The maximum absolute atomic E-state index is 11.6. The topological polar surface area (TPSA) is 49.3 Å². The standard InChI is InChI=1S/C5H10FNO2S/c1-10-3-2-4(7-6)5(8)9/h4,7H,2-3H2,1H3,(H,8,9)/t4-/m0/s1. The molecule has 0 aliphatic rings. The van der Waals surface area contributed by atoms with Crippen LogP contribution in [0.1, 0.15) is 6.42 Å². The van der Waals surface area contributed by atoms with E-state index in [0.29, 0.717) is 12.2 Å². The summed E-state index contributed by atoms with van der Waals surface area (Å²) in [7, 11) is 0. The van der Waals surface area contributed by atoms with Gasteiger partial charge in [0.15, 0.2) is 0 Å². The molecule has 1 atom stereocenters. The molecule has 0 radical (unpaired) electrons. The number of hydrogen-bond acceptors (Lipinski definition) is 3. The summed E-state index contributed by atoms with van der Waals surface area (Å²) in [5.41, 5.74) is 1.22. The summed E-state index contributed by atoms with van der Waals surface area (Å²) in [5.74, 6) is -0.495. The predicted octanol–water partition coefficient (Wildman–Crippen LogP) is 0.667. The molecule has 0 aromatic carbocycles. The lowest BCUT2D eigenvalue weighted by Crippen LogP contribution is -2.31. The molecule has 0 spiro atoms. The first-order chi connectivity index (χ1) is 4.72. The predicted molar refractivity (Wildman–Crippen MR) is 38.7 cm³/mol. The zero-order valence-corrected chi connectivity index (χ0v) is 6.45. The molecule has 0 aromatic heterocycles. The third-order valence-electron chi connectivity index (χ3n) is 1.04. The van der Waals surface area contributed by atoms with Crippen LogP contribution in [0.25, 0.3) is 0 Å². The van der Waals surface area contributed by atoms with Gasteiger partial charge < -0.3 is 5.11 Å². The fourth-order valence-electron chi connectivity index (χ4n) is 0.460. The summed E-state index contributed by atoms with van der Waals surface area (Å²) in [5, 5.41) is 8.29. The summed E-state index contributed by atoms with van der Waals surface area (Å²) >= 11 is 1.49. The van der Waals surface area contributed by atoms with E-state index in [2.05, 4.69) is 0 Å². The minimum absolute atomic E-state index is 0.312. The molecule has 0 saturated carbocycles. The van der Waals surface area contributed by atoms with Crippen molar-refractivity contribution in [2.75, 3.05) is 12.0 Å². The van der Waals surface area contributed by atoms with Crippen LogP contribution < -0.4 is 5.54 Å². The number of carbonyl (C=O) groups is 1. The lowest BCUT2D eigenvalue weighted by Gasteiger charge is -2.05. The van der Waals surface area contributed by atoms with Crippen LogP contribution in [0.3, 0.4) is 0 Å². The van der Waals surface area contributed by atoms with Crippen LogP contribution in [0, 0.1) is 0 Å². The Kier molecular flexibility index (Phi) is 5.33. The first kappa shape index (κ1) is 9.71. The molecule has 0 aliphatic carbocycles. The number of carboxylic acids is 1. The molecule has 0 bridgehead atoms. The maximum Gasteiger partial charge on any atom is 0.323 e. The molecule has 0 aliphatic heterocycles. The quantitative estimate of drug-likeness (QED) is 0.591. The van der Waals surface area contributed by atoms with Gasteiger partial charge in [-0.1, -0.05) is 0 Å². The van der Waals surface area contributed by atoms with Crippen LogP contribution in [0.2, 0.25) is 0 Å². The molecule has 0 aromatic rings. The summed E-state index contributed by atoms with van der Waals surface area (Å²) in [6.07, 6.45) is 2.16. The Bertz CT molecular complexity index is 112. The van der Waals surface area contributed by atoms with Crippen molar-refractivity contribution in [2.45, 2.75) is 12.5 Å². The van der Waals surface area contributed by atoms with E-state index in [4.69, 9.17) is 5.11 Å². The van der Waals surface area contributed by atoms with Crippen molar-refractivity contribution in [3.05, 3.63) is 0 Å². The van der Waals surface area contributed by atoms with E-state index >= 15 is 0 Å². The van der Waals surface area contributed by atoms with Crippen LogP contribution >= 0.6 is 11.8 Å². The molecule has 10 heavy (non-hydrogen) atoms. The van der Waals surface area contributed by atoms with E-state index in [1.807, 2.05) is 6.26 Å². The number of carboxylic acid groups (broad SMARTS) is 1. The van der Waals surface area contributed by atoms with Crippen LogP contribution in [0.15, 0.2) is 0 Å². The molecular formula is C5H10FNO2S.